The molecule has 0 heterocycles. The molecule has 5 fully saturated rings. The van der Waals surface area contributed by atoms with E-state index in [1.165, 1.54) is 0 Å². The molecule has 176 valence electrons. The van der Waals surface area contributed by atoms with E-state index in [-0.39, 0.29) is 31.0 Å². The van der Waals surface area contributed by atoms with Crippen molar-refractivity contribution in [3.63, 3.8) is 0 Å². The van der Waals surface area contributed by atoms with Gasteiger partial charge in [0.2, 0.25) is 0 Å². The normalized spacial score (nSPS) is 39.4. The summed E-state index contributed by atoms with van der Waals surface area (Å²) in [5.74, 6) is -1.23. The van der Waals surface area contributed by atoms with Gasteiger partial charge in [0.05, 0.1) is 12.5 Å². The van der Waals surface area contributed by atoms with E-state index in [0.29, 0.717) is 18.3 Å². The lowest BCUT2D eigenvalue weighted by Gasteiger charge is -2.61. The number of carbonyl (C=O) groups excluding carboxylic acids is 2. The van der Waals surface area contributed by atoms with E-state index >= 15 is 0 Å². The minimum absolute atomic E-state index is 0.151. The molecule has 2 atom stereocenters. The Hall–Kier alpha value is -0.970. The molecule has 0 aromatic heterocycles. The van der Waals surface area contributed by atoms with Gasteiger partial charge < -0.3 is 14.6 Å². The summed E-state index contributed by atoms with van der Waals surface area (Å²) < 4.78 is 41.8. The van der Waals surface area contributed by atoms with Gasteiger partial charge in [-0.3, -0.25) is 4.79 Å². The average Bonchev–Trinajstić information content (AvgIpc) is 2.70. The Morgan fingerprint density at radius 3 is 2.29 bits per heavy atom. The fraction of sp³-hybridized carbons (Fsp3) is 0.905. The van der Waals surface area contributed by atoms with Crippen LogP contribution in [0.25, 0.3) is 0 Å². The van der Waals surface area contributed by atoms with Crippen molar-refractivity contribution in [3.05, 3.63) is 0 Å². The minimum Gasteiger partial charge on any atom is -0.459 e. The number of hydrogen-bond donors (Lipinski definition) is 2. The molecule has 5 saturated carbocycles. The highest BCUT2D eigenvalue weighted by Gasteiger charge is 2.60. The van der Waals surface area contributed by atoms with E-state index < -0.39 is 23.1 Å². The predicted molar refractivity (Wildman–Crippen MR) is 106 cm³/mol. The summed E-state index contributed by atoms with van der Waals surface area (Å²) in [6, 6.07) is 0. The summed E-state index contributed by atoms with van der Waals surface area (Å²) in [4.78, 5) is 28.3. The quantitative estimate of drug-likeness (QED) is 0.186. The molecule has 0 amide bonds. The maximum Gasteiger partial charge on any atom is 0.483 e. The molecule has 4 bridgehead atoms. The van der Waals surface area contributed by atoms with Gasteiger partial charge in [-0.15, -0.1) is 4.89 Å². The Balaban J connectivity index is 1.40. The molecule has 1 N–H and O–H groups in total. The van der Waals surface area contributed by atoms with Crippen molar-refractivity contribution in [2.24, 2.45) is 29.1 Å². The minimum atomic E-state index is -4.23. The number of esters is 2. The van der Waals surface area contributed by atoms with Crippen LogP contribution in [0.15, 0.2) is 0 Å². The van der Waals surface area contributed by atoms with Crippen molar-refractivity contribution in [2.45, 2.75) is 75.9 Å². The first-order chi connectivity index (χ1) is 14.7. The summed E-state index contributed by atoms with van der Waals surface area (Å²) in [6.07, 6.45) is 3.50. The Kier molecular flexibility index (Phi) is 6.55. The van der Waals surface area contributed by atoms with Crippen LogP contribution < -0.4 is 0 Å². The van der Waals surface area contributed by atoms with Crippen molar-refractivity contribution in [1.82, 2.24) is 0 Å². The topological polar surface area (TPSA) is 91.3 Å². The van der Waals surface area contributed by atoms with Crippen LogP contribution in [-0.2, 0) is 28.3 Å². The lowest BCUT2D eigenvalue weighted by atomic mass is 9.48. The number of aliphatic hydroxyl groups is 1. The molecule has 5 rings (SSSR count). The lowest BCUT2D eigenvalue weighted by Crippen LogP contribution is -2.59. The lowest BCUT2D eigenvalue weighted by molar-refractivity contribution is -0.370. The maximum absolute atomic E-state index is 13.5. The number of ether oxygens (including phenoxy) is 2. The Morgan fingerprint density at radius 1 is 1.06 bits per heavy atom. The molecular weight excluding hydrogens is 434 g/mol. The van der Waals surface area contributed by atoms with E-state index in [1.54, 1.807) is 0 Å². The first-order valence-electron chi connectivity index (χ1n) is 11.1. The SMILES string of the molecule is O=C(OC12CC3CC(CC(COC(=O)C(F)(F)OOS)(C3)C1)C2)C1CCC(CO)CC1. The summed E-state index contributed by atoms with van der Waals surface area (Å²) in [5, 5.41) is 9.31. The molecular formula is C21H30F2O7S. The van der Waals surface area contributed by atoms with Crippen LogP contribution in [0.1, 0.15) is 64.2 Å². The summed E-state index contributed by atoms with van der Waals surface area (Å²) >= 11 is 3.08. The second-order valence-electron chi connectivity index (χ2n) is 10.2. The van der Waals surface area contributed by atoms with Crippen molar-refractivity contribution in [2.75, 3.05) is 13.2 Å². The van der Waals surface area contributed by atoms with Gasteiger partial charge in [-0.25, -0.2) is 4.79 Å². The molecule has 0 aliphatic heterocycles. The molecule has 7 nitrogen and oxygen atoms in total. The first-order valence-corrected chi connectivity index (χ1v) is 11.4. The van der Waals surface area contributed by atoms with Crippen LogP contribution in [0.4, 0.5) is 8.78 Å². The van der Waals surface area contributed by atoms with Crippen molar-refractivity contribution >= 4 is 24.8 Å². The number of rotatable bonds is 8. The second kappa shape index (κ2) is 8.76. The zero-order valence-electron chi connectivity index (χ0n) is 17.4. The molecule has 5 aliphatic rings. The van der Waals surface area contributed by atoms with Gasteiger partial charge in [-0.1, -0.05) is 0 Å². The van der Waals surface area contributed by atoms with Gasteiger partial charge in [-0.05, 0) is 82.0 Å². The highest BCUT2D eigenvalue weighted by Crippen LogP contribution is 2.63. The molecule has 0 spiro atoms. The molecule has 31 heavy (non-hydrogen) atoms. The molecule has 0 radical (unpaired) electrons. The number of alkyl halides is 2. The van der Waals surface area contributed by atoms with Gasteiger partial charge in [0.25, 0.3) is 0 Å². The summed E-state index contributed by atoms with van der Waals surface area (Å²) in [5.41, 5.74) is -1.07. The van der Waals surface area contributed by atoms with Crippen molar-refractivity contribution < 1.29 is 42.2 Å². The average molecular weight is 465 g/mol. The van der Waals surface area contributed by atoms with Gasteiger partial charge in [0, 0.05) is 24.9 Å². The number of hydrogen-bond acceptors (Lipinski definition) is 8. The first kappa shape index (κ1) is 23.2. The Bertz CT molecular complexity index is 681. The smallest absolute Gasteiger partial charge is 0.459 e. The van der Waals surface area contributed by atoms with E-state index in [9.17, 15) is 23.5 Å². The highest BCUT2D eigenvalue weighted by molar-refractivity contribution is 7.74. The standard InChI is InChI=1S/C21H30F2O7S/c22-21(23,29-30-31)18(26)27-12-19-6-14-5-15(7-19)9-20(8-14,11-19)28-17(25)16-3-1-13(10-24)2-4-16/h13-16,24,31H,1-12H2. The molecule has 2 unspecified atom stereocenters. The summed E-state index contributed by atoms with van der Waals surface area (Å²) in [6.45, 7) is -0.00816. The fourth-order valence-electron chi connectivity index (χ4n) is 6.91. The third kappa shape index (κ3) is 4.86. The number of aliphatic hydroxyl groups excluding tert-OH is 1. The Labute approximate surface area is 185 Å². The van der Waals surface area contributed by atoms with E-state index in [1.807, 2.05) is 0 Å². The van der Waals surface area contributed by atoms with E-state index in [4.69, 9.17) is 9.47 Å². The largest absolute Gasteiger partial charge is 0.483 e. The van der Waals surface area contributed by atoms with Gasteiger partial charge in [0.1, 0.15) is 5.60 Å². The predicted octanol–water partition coefficient (Wildman–Crippen LogP) is 3.60. The maximum atomic E-state index is 13.5. The van der Waals surface area contributed by atoms with Crippen LogP contribution in [0.5, 0.6) is 0 Å². The van der Waals surface area contributed by atoms with Crippen LogP contribution in [0.2, 0.25) is 0 Å². The van der Waals surface area contributed by atoms with Crippen molar-refractivity contribution in [3.8, 4) is 0 Å². The third-order valence-corrected chi connectivity index (χ3v) is 7.85. The molecule has 0 aromatic rings. The fourth-order valence-corrected chi connectivity index (χ4v) is 7.01. The van der Waals surface area contributed by atoms with Crippen LogP contribution >= 0.6 is 12.9 Å². The Morgan fingerprint density at radius 2 is 1.71 bits per heavy atom. The molecule has 0 aromatic carbocycles. The number of thiol groups is 1. The van der Waals surface area contributed by atoms with Crippen LogP contribution in [-0.4, -0.2) is 42.0 Å². The van der Waals surface area contributed by atoms with E-state index in [2.05, 4.69) is 22.1 Å². The monoisotopic (exact) mass is 464 g/mol. The van der Waals surface area contributed by atoms with E-state index in [0.717, 1.165) is 57.8 Å². The highest BCUT2D eigenvalue weighted by atomic mass is 32.1. The van der Waals surface area contributed by atoms with Crippen LogP contribution in [0, 0.1) is 29.1 Å². The second-order valence-corrected chi connectivity index (χ2v) is 10.4. The molecule has 10 heteroatoms. The van der Waals surface area contributed by atoms with Gasteiger partial charge in [0.15, 0.2) is 0 Å². The van der Waals surface area contributed by atoms with Gasteiger partial charge >= 0.3 is 18.0 Å². The van der Waals surface area contributed by atoms with Crippen LogP contribution in [0.3, 0.4) is 0 Å². The zero-order valence-corrected chi connectivity index (χ0v) is 18.3. The van der Waals surface area contributed by atoms with Crippen molar-refractivity contribution in [1.29, 1.82) is 0 Å². The zero-order chi connectivity index (χ0) is 22.3. The number of halogens is 2. The third-order valence-electron chi connectivity index (χ3n) is 7.77. The number of carbonyl (C=O) groups is 2. The molecule has 0 saturated heterocycles. The molecule has 5 aliphatic carbocycles. The summed E-state index contributed by atoms with van der Waals surface area (Å²) in [7, 11) is 0. The van der Waals surface area contributed by atoms with Gasteiger partial charge in [-0.2, -0.15) is 13.1 Å².